The van der Waals surface area contributed by atoms with E-state index in [2.05, 4.69) is 9.71 Å². The summed E-state index contributed by atoms with van der Waals surface area (Å²) < 4.78 is 33.1. The van der Waals surface area contributed by atoms with Crippen molar-refractivity contribution in [2.75, 3.05) is 6.61 Å². The number of hydrogen-bond acceptors (Lipinski definition) is 4. The van der Waals surface area contributed by atoms with Crippen LogP contribution in [0, 0.1) is 6.92 Å². The number of nitrogens with one attached hydrogen (secondary N) is 1. The number of pyridine rings is 1. The van der Waals surface area contributed by atoms with E-state index in [0.717, 1.165) is 11.1 Å². The molecule has 0 amide bonds. The van der Waals surface area contributed by atoms with Crippen molar-refractivity contribution < 1.29 is 13.2 Å². The van der Waals surface area contributed by atoms with Crippen molar-refractivity contribution in [2.24, 2.45) is 0 Å². The fourth-order valence-corrected chi connectivity index (χ4v) is 3.88. The van der Waals surface area contributed by atoms with E-state index in [1.54, 1.807) is 12.3 Å². The van der Waals surface area contributed by atoms with E-state index in [9.17, 15) is 8.42 Å². The summed E-state index contributed by atoms with van der Waals surface area (Å²) >= 11 is 6.02. The first-order valence-corrected chi connectivity index (χ1v) is 8.69. The highest BCUT2D eigenvalue weighted by molar-refractivity contribution is 7.89. The molecular formula is C15H15ClN2O3S. The molecule has 0 bridgehead atoms. The summed E-state index contributed by atoms with van der Waals surface area (Å²) in [5.74, 6) is 0.398. The first kappa shape index (κ1) is 15.3. The summed E-state index contributed by atoms with van der Waals surface area (Å²) in [5.41, 5.74) is 2.44. The molecule has 0 aliphatic carbocycles. The summed E-state index contributed by atoms with van der Waals surface area (Å²) in [4.78, 5) is 4.27. The number of halogens is 1. The van der Waals surface area contributed by atoms with Gasteiger partial charge in [0.1, 0.15) is 10.6 Å². The lowest BCUT2D eigenvalue weighted by atomic mass is 10.2. The first-order valence-electron chi connectivity index (χ1n) is 6.83. The highest BCUT2D eigenvalue weighted by Crippen LogP contribution is 2.35. The normalized spacial score (nSPS) is 13.7. The average Bonchev–Trinajstić information content (AvgIpc) is 2.93. The number of hydrogen-bond donors (Lipinski definition) is 1. The fraction of sp³-hybridized carbons (Fsp3) is 0.267. The number of nitrogens with zero attached hydrogens (tertiary/aromatic N) is 1. The second kappa shape index (κ2) is 5.87. The van der Waals surface area contributed by atoms with Crippen molar-refractivity contribution in [1.29, 1.82) is 0 Å². The summed E-state index contributed by atoms with van der Waals surface area (Å²) in [6, 6.07) is 6.85. The molecule has 1 aromatic carbocycles. The molecule has 0 atom stereocenters. The van der Waals surface area contributed by atoms with Gasteiger partial charge in [-0.25, -0.2) is 13.1 Å². The molecule has 5 nitrogen and oxygen atoms in total. The molecule has 0 spiro atoms. The van der Waals surface area contributed by atoms with Crippen LogP contribution in [0.15, 0.2) is 35.4 Å². The van der Waals surface area contributed by atoms with Crippen molar-refractivity contribution in [2.45, 2.75) is 24.8 Å². The third-order valence-corrected chi connectivity index (χ3v) is 5.18. The third-order valence-electron chi connectivity index (χ3n) is 3.55. The molecule has 7 heteroatoms. The molecule has 2 aromatic rings. The Morgan fingerprint density at radius 3 is 3.00 bits per heavy atom. The number of benzene rings is 1. The largest absolute Gasteiger partial charge is 0.492 e. The Balaban J connectivity index is 1.90. The number of fused-ring (bicyclic) bond motifs is 1. The summed E-state index contributed by atoms with van der Waals surface area (Å²) in [6.07, 6.45) is 2.30. The van der Waals surface area contributed by atoms with Gasteiger partial charge in [-0.1, -0.05) is 17.7 Å². The van der Waals surface area contributed by atoms with E-state index < -0.39 is 10.0 Å². The van der Waals surface area contributed by atoms with Crippen molar-refractivity contribution in [3.63, 3.8) is 0 Å². The van der Waals surface area contributed by atoms with Gasteiger partial charge in [0.15, 0.2) is 0 Å². The molecule has 116 valence electrons. The van der Waals surface area contributed by atoms with Crippen LogP contribution in [-0.2, 0) is 23.0 Å². The molecule has 0 fully saturated rings. The van der Waals surface area contributed by atoms with Crippen LogP contribution in [0.4, 0.5) is 0 Å². The van der Waals surface area contributed by atoms with Crippen LogP contribution in [0.3, 0.4) is 0 Å². The Morgan fingerprint density at radius 2 is 2.23 bits per heavy atom. The van der Waals surface area contributed by atoms with E-state index in [-0.39, 0.29) is 11.4 Å². The topological polar surface area (TPSA) is 68.3 Å². The van der Waals surface area contributed by atoms with E-state index >= 15 is 0 Å². The van der Waals surface area contributed by atoms with Gasteiger partial charge < -0.3 is 4.74 Å². The zero-order valence-corrected chi connectivity index (χ0v) is 13.5. The minimum Gasteiger partial charge on any atom is -0.492 e. The molecular weight excluding hydrogens is 324 g/mol. The molecule has 3 rings (SSSR count). The van der Waals surface area contributed by atoms with Crippen LogP contribution in [0.25, 0.3) is 0 Å². The summed E-state index contributed by atoms with van der Waals surface area (Å²) in [6.45, 7) is 2.48. The third kappa shape index (κ3) is 2.95. The van der Waals surface area contributed by atoms with Gasteiger partial charge in [0.25, 0.3) is 0 Å². The van der Waals surface area contributed by atoms with Gasteiger partial charge in [-0.15, -0.1) is 0 Å². The lowest BCUT2D eigenvalue weighted by molar-refractivity contribution is 0.348. The van der Waals surface area contributed by atoms with Gasteiger partial charge in [0.2, 0.25) is 10.0 Å². The molecule has 2 heterocycles. The van der Waals surface area contributed by atoms with E-state index in [1.807, 2.05) is 19.1 Å². The summed E-state index contributed by atoms with van der Waals surface area (Å²) in [5, 5.41) is 0.388. The number of aryl methyl sites for hydroxylation is 1. The van der Waals surface area contributed by atoms with Crippen molar-refractivity contribution in [3.8, 4) is 5.75 Å². The number of ether oxygens (including phenoxy) is 1. The molecule has 0 saturated heterocycles. The van der Waals surface area contributed by atoms with E-state index in [1.165, 1.54) is 6.07 Å². The van der Waals surface area contributed by atoms with Crippen molar-refractivity contribution >= 4 is 21.6 Å². The van der Waals surface area contributed by atoms with Crippen LogP contribution in [0.2, 0.25) is 5.02 Å². The lowest BCUT2D eigenvalue weighted by Gasteiger charge is -2.11. The maximum Gasteiger partial charge on any atom is 0.244 e. The Bertz CT molecular complexity index is 822. The predicted molar refractivity (Wildman–Crippen MR) is 83.7 cm³/mol. The molecule has 1 aliphatic rings. The first-order chi connectivity index (χ1) is 10.5. The van der Waals surface area contributed by atoms with Gasteiger partial charge in [-0.3, -0.25) is 4.98 Å². The number of sulfonamides is 1. The van der Waals surface area contributed by atoms with Crippen LogP contribution in [0.1, 0.15) is 16.8 Å². The molecule has 0 radical (unpaired) electrons. The number of aromatic nitrogens is 1. The maximum atomic E-state index is 12.6. The predicted octanol–water partition coefficient (Wildman–Crippen LogP) is 2.46. The molecule has 22 heavy (non-hydrogen) atoms. The van der Waals surface area contributed by atoms with Crippen LogP contribution in [0.5, 0.6) is 5.75 Å². The Morgan fingerprint density at radius 1 is 1.41 bits per heavy atom. The van der Waals surface area contributed by atoms with Gasteiger partial charge in [-0.05, 0) is 30.7 Å². The summed E-state index contributed by atoms with van der Waals surface area (Å²) in [7, 11) is -3.72. The van der Waals surface area contributed by atoms with Crippen molar-refractivity contribution in [1.82, 2.24) is 9.71 Å². The monoisotopic (exact) mass is 338 g/mol. The van der Waals surface area contributed by atoms with Gasteiger partial charge in [-0.2, -0.15) is 0 Å². The lowest BCUT2D eigenvalue weighted by Crippen LogP contribution is -2.24. The van der Waals surface area contributed by atoms with E-state index in [4.69, 9.17) is 16.3 Å². The second-order valence-corrected chi connectivity index (χ2v) is 7.25. The van der Waals surface area contributed by atoms with E-state index in [0.29, 0.717) is 29.5 Å². The van der Waals surface area contributed by atoms with Gasteiger partial charge in [0.05, 0.1) is 18.8 Å². The fourth-order valence-electron chi connectivity index (χ4n) is 2.38. The minimum atomic E-state index is -3.72. The van der Waals surface area contributed by atoms with Crippen LogP contribution in [-0.4, -0.2) is 20.0 Å². The second-order valence-electron chi connectivity index (χ2n) is 5.08. The zero-order chi connectivity index (χ0) is 15.7. The standard InChI is InChI=1S/C15H15ClN2O3S/c1-10-3-2-5-17-13(10)9-18-22(19,20)14-8-12(16)7-11-4-6-21-15(11)14/h2-3,5,7-8,18H,4,6,9H2,1H3. The molecule has 0 saturated carbocycles. The minimum absolute atomic E-state index is 0.0843. The van der Waals surface area contributed by atoms with Crippen LogP contribution >= 0.6 is 11.6 Å². The smallest absolute Gasteiger partial charge is 0.244 e. The molecule has 1 N–H and O–H groups in total. The zero-order valence-electron chi connectivity index (χ0n) is 12.0. The molecule has 1 aromatic heterocycles. The van der Waals surface area contributed by atoms with Gasteiger partial charge in [0, 0.05) is 23.2 Å². The maximum absolute atomic E-state index is 12.6. The Labute approximate surface area is 134 Å². The average molecular weight is 339 g/mol. The Kier molecular flexibility index (Phi) is 4.08. The SMILES string of the molecule is Cc1cccnc1CNS(=O)(=O)c1cc(Cl)cc2c1OCC2. The van der Waals surface area contributed by atoms with Crippen molar-refractivity contribution in [3.05, 3.63) is 52.3 Å². The highest BCUT2D eigenvalue weighted by atomic mass is 35.5. The number of rotatable bonds is 4. The quantitative estimate of drug-likeness (QED) is 0.929. The Hall–Kier alpha value is -1.63. The van der Waals surface area contributed by atoms with Gasteiger partial charge >= 0.3 is 0 Å². The molecule has 1 aliphatic heterocycles. The highest BCUT2D eigenvalue weighted by Gasteiger charge is 2.26. The molecule has 0 unspecified atom stereocenters. The van der Waals surface area contributed by atoms with Crippen LogP contribution < -0.4 is 9.46 Å².